The van der Waals surface area contributed by atoms with Crippen molar-refractivity contribution < 1.29 is 19.4 Å². The van der Waals surface area contributed by atoms with Crippen LogP contribution in [0.2, 0.25) is 5.02 Å². The summed E-state index contributed by atoms with van der Waals surface area (Å²) in [6, 6.07) is 8.10. The van der Waals surface area contributed by atoms with Crippen LogP contribution >= 0.6 is 22.9 Å². The number of para-hydroxylation sites is 1. The Labute approximate surface area is 194 Å². The van der Waals surface area contributed by atoms with E-state index in [1.165, 1.54) is 23.2 Å². The van der Waals surface area contributed by atoms with Crippen molar-refractivity contribution in [2.45, 2.75) is 34.1 Å². The smallest absolute Gasteiger partial charge is 0.350 e. The minimum atomic E-state index is -0.612. The lowest BCUT2D eigenvalue weighted by Gasteiger charge is -2.30. The molecule has 1 aromatic carbocycles. The molecule has 3 rings (SSSR count). The maximum absolute atomic E-state index is 13.3. The van der Waals surface area contributed by atoms with Gasteiger partial charge in [-0.2, -0.15) is 5.26 Å². The van der Waals surface area contributed by atoms with Gasteiger partial charge in [0, 0.05) is 9.75 Å². The van der Waals surface area contributed by atoms with E-state index in [1.807, 2.05) is 19.9 Å². The van der Waals surface area contributed by atoms with Gasteiger partial charge in [0.2, 0.25) is 0 Å². The molecule has 0 saturated carbocycles. The summed E-state index contributed by atoms with van der Waals surface area (Å²) in [4.78, 5) is 27.5. The molecule has 0 bridgehead atoms. The van der Waals surface area contributed by atoms with E-state index >= 15 is 0 Å². The first kappa shape index (κ1) is 23.4. The summed E-state index contributed by atoms with van der Waals surface area (Å²) in [5, 5.41) is 23.8. The molecular formula is C23H22ClN3O4S. The number of aliphatic hydroxyl groups is 1. The number of thiophene rings is 1. The lowest BCUT2D eigenvalue weighted by atomic mass is 10.0. The molecule has 2 aromatic rings. The number of aliphatic hydroxyl groups excluding tert-OH is 1. The van der Waals surface area contributed by atoms with Crippen LogP contribution < -0.4 is 20.0 Å². The van der Waals surface area contributed by atoms with Crippen LogP contribution in [0.15, 0.2) is 35.6 Å². The van der Waals surface area contributed by atoms with Gasteiger partial charge in [0.05, 0.1) is 28.7 Å². The Morgan fingerprint density at radius 1 is 1.31 bits per heavy atom. The fourth-order valence-corrected chi connectivity index (χ4v) is 4.80. The molecule has 0 atom stereocenters. The highest BCUT2D eigenvalue weighted by atomic mass is 35.5. The van der Waals surface area contributed by atoms with Gasteiger partial charge in [0.15, 0.2) is 0 Å². The Bertz CT molecular complexity index is 1300. The second-order valence-electron chi connectivity index (χ2n) is 7.00. The van der Waals surface area contributed by atoms with E-state index in [-0.39, 0.29) is 39.2 Å². The summed E-state index contributed by atoms with van der Waals surface area (Å²) >= 11 is 7.58. The highest BCUT2D eigenvalue weighted by Crippen LogP contribution is 2.35. The molecular weight excluding hydrogens is 450 g/mol. The largest absolute Gasteiger partial charge is 0.511 e. The third kappa shape index (κ3) is 3.97. The van der Waals surface area contributed by atoms with Gasteiger partial charge in [-0.1, -0.05) is 36.2 Å². The first-order valence-corrected chi connectivity index (χ1v) is 11.2. The lowest BCUT2D eigenvalue weighted by molar-refractivity contribution is 0.0533. The summed E-state index contributed by atoms with van der Waals surface area (Å²) < 4.78 is 5.91. The molecule has 1 aliphatic heterocycles. The van der Waals surface area contributed by atoms with Gasteiger partial charge in [-0.3, -0.25) is 4.90 Å². The summed E-state index contributed by atoms with van der Waals surface area (Å²) in [5.74, 6) is -0.831. The maximum atomic E-state index is 13.3. The number of rotatable bonds is 5. The molecule has 2 amide bonds. The van der Waals surface area contributed by atoms with Gasteiger partial charge in [0.25, 0.3) is 0 Å². The number of carbonyl (C=O) groups is 2. The maximum Gasteiger partial charge on any atom is 0.350 e. The predicted molar refractivity (Wildman–Crippen MR) is 126 cm³/mol. The SMILES string of the molecule is CCOC(=O)c1sc(=C(C)CC)c2c1NC(=O)N(c1ccccc1Cl)C=2/C(C#N)=C(\C)O. The van der Waals surface area contributed by atoms with Crippen LogP contribution in [0.3, 0.4) is 0 Å². The number of allylic oxidation sites excluding steroid dienone is 1. The van der Waals surface area contributed by atoms with Crippen LogP contribution in [-0.4, -0.2) is 23.7 Å². The average Bonchev–Trinajstić information content (AvgIpc) is 3.13. The zero-order valence-electron chi connectivity index (χ0n) is 18.1. The fourth-order valence-electron chi connectivity index (χ4n) is 3.36. The van der Waals surface area contributed by atoms with Crippen LogP contribution in [0.1, 0.15) is 43.8 Å². The molecule has 166 valence electrons. The Hall–Kier alpha value is -3.28. The first-order valence-electron chi connectivity index (χ1n) is 9.96. The number of nitriles is 1. The normalized spacial score (nSPS) is 14.8. The number of ether oxygens (including phenoxy) is 1. The molecule has 9 heteroatoms. The molecule has 0 unspecified atom stereocenters. The number of anilines is 2. The van der Waals surface area contributed by atoms with Crippen molar-refractivity contribution in [1.29, 1.82) is 5.26 Å². The van der Waals surface area contributed by atoms with Crippen LogP contribution in [0.25, 0.3) is 11.3 Å². The first-order chi connectivity index (χ1) is 15.3. The minimum Gasteiger partial charge on any atom is -0.511 e. The highest BCUT2D eigenvalue weighted by molar-refractivity contribution is 7.12. The van der Waals surface area contributed by atoms with Gasteiger partial charge in [0.1, 0.15) is 22.3 Å². The summed E-state index contributed by atoms with van der Waals surface area (Å²) in [5.41, 5.74) is 1.61. The van der Waals surface area contributed by atoms with Crippen molar-refractivity contribution in [2.75, 3.05) is 16.8 Å². The number of hydrogen-bond donors (Lipinski definition) is 2. The van der Waals surface area contributed by atoms with E-state index in [0.29, 0.717) is 21.9 Å². The number of esters is 1. The molecule has 0 radical (unpaired) electrons. The Morgan fingerprint density at radius 2 is 2.00 bits per heavy atom. The number of halogens is 1. The molecule has 1 aliphatic rings. The number of nitrogens with zero attached hydrogens (tertiary/aromatic N) is 2. The zero-order chi connectivity index (χ0) is 23.6. The fraction of sp³-hybridized carbons (Fsp3) is 0.261. The monoisotopic (exact) mass is 471 g/mol. The molecule has 0 aliphatic carbocycles. The van der Waals surface area contributed by atoms with E-state index in [9.17, 15) is 20.0 Å². The Balaban J connectivity index is 2.61. The van der Waals surface area contributed by atoms with Gasteiger partial charge >= 0.3 is 12.0 Å². The molecule has 0 spiro atoms. The van der Waals surface area contributed by atoms with Crippen LogP contribution in [0.5, 0.6) is 0 Å². The second-order valence-corrected chi connectivity index (χ2v) is 8.43. The number of amides is 2. The molecule has 1 aromatic heterocycles. The summed E-state index contributed by atoms with van der Waals surface area (Å²) in [6.45, 7) is 7.13. The van der Waals surface area contributed by atoms with E-state index in [4.69, 9.17) is 16.3 Å². The van der Waals surface area contributed by atoms with Crippen molar-refractivity contribution in [2.24, 2.45) is 0 Å². The number of fused-ring (bicyclic) bond motifs is 1. The van der Waals surface area contributed by atoms with Crippen LogP contribution in [-0.2, 0) is 4.74 Å². The minimum absolute atomic E-state index is 0.0978. The molecule has 2 N–H and O–H groups in total. The van der Waals surface area contributed by atoms with Crippen molar-refractivity contribution in [3.63, 3.8) is 0 Å². The Kier molecular flexibility index (Phi) is 6.92. The summed E-state index contributed by atoms with van der Waals surface area (Å²) in [6.07, 6.45) is 0.673. The van der Waals surface area contributed by atoms with Crippen molar-refractivity contribution in [3.05, 3.63) is 55.2 Å². The third-order valence-electron chi connectivity index (χ3n) is 4.99. The third-order valence-corrected chi connectivity index (χ3v) is 6.64. The van der Waals surface area contributed by atoms with E-state index < -0.39 is 12.0 Å². The van der Waals surface area contributed by atoms with Crippen LogP contribution in [0, 0.1) is 11.3 Å². The van der Waals surface area contributed by atoms with E-state index in [2.05, 4.69) is 5.32 Å². The van der Waals surface area contributed by atoms with E-state index in [1.54, 1.807) is 31.2 Å². The number of carbonyl (C=O) groups excluding carboxylic acids is 2. The zero-order valence-corrected chi connectivity index (χ0v) is 19.6. The molecule has 7 nitrogen and oxygen atoms in total. The number of urea groups is 1. The van der Waals surface area contributed by atoms with Crippen molar-refractivity contribution in [3.8, 4) is 6.07 Å². The molecule has 32 heavy (non-hydrogen) atoms. The van der Waals surface area contributed by atoms with Gasteiger partial charge < -0.3 is 15.2 Å². The summed E-state index contributed by atoms with van der Waals surface area (Å²) in [7, 11) is 0. The van der Waals surface area contributed by atoms with Gasteiger partial charge in [-0.15, -0.1) is 11.3 Å². The number of nitrogens with one attached hydrogen (secondary N) is 1. The van der Waals surface area contributed by atoms with Crippen LogP contribution in [0.4, 0.5) is 16.2 Å². The second kappa shape index (κ2) is 9.47. The topological polar surface area (TPSA) is 103 Å². The number of hydrogen-bond acceptors (Lipinski definition) is 6. The van der Waals surface area contributed by atoms with Gasteiger partial charge in [-0.25, -0.2) is 9.59 Å². The molecule has 2 heterocycles. The Morgan fingerprint density at radius 3 is 2.56 bits per heavy atom. The molecule has 0 fully saturated rings. The van der Waals surface area contributed by atoms with Gasteiger partial charge in [-0.05, 0) is 39.3 Å². The lowest BCUT2D eigenvalue weighted by Crippen LogP contribution is -2.46. The van der Waals surface area contributed by atoms with Crippen molar-refractivity contribution in [1.82, 2.24) is 0 Å². The standard InChI is InChI=1S/C23H22ClN3O4S/c1-5-12(3)20-17-18(21(32-20)22(29)31-6-2)26-23(30)27(16-10-8-7-9-15(16)24)19(17)14(11-25)13(4)28/h7-10,28H,5-6H2,1-4H3,(H,26,30)/b14-13+,20-12?. The predicted octanol–water partition coefficient (Wildman–Crippen LogP) is 4.67. The number of benzene rings is 1. The molecule has 0 saturated heterocycles. The highest BCUT2D eigenvalue weighted by Gasteiger charge is 2.35. The van der Waals surface area contributed by atoms with E-state index in [0.717, 1.165) is 5.57 Å². The quantitative estimate of drug-likeness (QED) is 0.374. The average molecular weight is 472 g/mol. The van der Waals surface area contributed by atoms with Crippen molar-refractivity contribution >= 4 is 57.6 Å².